The number of ether oxygens (including phenoxy) is 1. The lowest BCUT2D eigenvalue weighted by atomic mass is 10.2. The third-order valence-corrected chi connectivity index (χ3v) is 4.93. The number of methoxy groups -OCH3 is 1. The number of thioether (sulfide) groups is 1. The zero-order chi connectivity index (χ0) is 16.2. The van der Waals surface area contributed by atoms with Gasteiger partial charge >= 0.3 is 5.97 Å². The molecule has 120 valence electrons. The van der Waals surface area contributed by atoms with E-state index in [-0.39, 0.29) is 12.1 Å². The number of nitrogens with zero attached hydrogens (tertiary/aromatic N) is 2. The molecule has 0 spiro atoms. The van der Waals surface area contributed by atoms with Crippen LogP contribution in [0.2, 0.25) is 0 Å². The summed E-state index contributed by atoms with van der Waals surface area (Å²) in [6, 6.07) is 9.99. The van der Waals surface area contributed by atoms with E-state index < -0.39 is 5.97 Å². The lowest BCUT2D eigenvalue weighted by Gasteiger charge is -2.13. The van der Waals surface area contributed by atoms with Crippen molar-refractivity contribution in [2.75, 3.05) is 7.11 Å². The highest BCUT2D eigenvalue weighted by molar-refractivity contribution is 7.98. The van der Waals surface area contributed by atoms with E-state index in [0.29, 0.717) is 10.9 Å². The molecular formula is C17H18N2O3S. The highest BCUT2D eigenvalue weighted by Crippen LogP contribution is 2.24. The van der Waals surface area contributed by atoms with Gasteiger partial charge in [0.1, 0.15) is 6.54 Å². The maximum atomic E-state index is 12.6. The quantitative estimate of drug-likeness (QED) is 0.478. The predicted molar refractivity (Wildman–Crippen MR) is 88.5 cm³/mol. The van der Waals surface area contributed by atoms with Crippen LogP contribution in [0.5, 0.6) is 0 Å². The third kappa shape index (κ3) is 3.47. The molecule has 0 radical (unpaired) electrons. The molecule has 0 amide bonds. The Hall–Kier alpha value is -2.08. The van der Waals surface area contributed by atoms with Crippen LogP contribution in [0.25, 0.3) is 0 Å². The number of aryl methyl sites for hydroxylation is 1. The molecule has 1 aliphatic carbocycles. The van der Waals surface area contributed by atoms with Gasteiger partial charge in [-0.1, -0.05) is 42.1 Å². The van der Waals surface area contributed by atoms with Crippen molar-refractivity contribution in [2.45, 2.75) is 36.7 Å². The molecule has 2 aromatic rings. The molecule has 6 heteroatoms. The number of esters is 1. The van der Waals surface area contributed by atoms with E-state index >= 15 is 0 Å². The summed E-state index contributed by atoms with van der Waals surface area (Å²) in [5, 5.41) is 0.588. The fraction of sp³-hybridized carbons (Fsp3) is 0.353. The van der Waals surface area contributed by atoms with Crippen LogP contribution in [0.3, 0.4) is 0 Å². The maximum absolute atomic E-state index is 12.6. The standard InChI is InChI=1S/C17H18N2O3S/c1-22-15(20)10-19-16(21)13-8-5-9-14(13)18-17(19)23-11-12-6-3-2-4-7-12/h2-4,6-7H,5,8-11H2,1H3. The van der Waals surface area contributed by atoms with Crippen LogP contribution in [0.4, 0.5) is 0 Å². The Morgan fingerprint density at radius 1 is 1.30 bits per heavy atom. The molecule has 23 heavy (non-hydrogen) atoms. The Labute approximate surface area is 138 Å². The molecule has 0 fully saturated rings. The largest absolute Gasteiger partial charge is 0.468 e. The molecule has 1 aromatic carbocycles. The van der Waals surface area contributed by atoms with Crippen molar-refractivity contribution in [3.8, 4) is 0 Å². The van der Waals surface area contributed by atoms with E-state index in [2.05, 4.69) is 4.98 Å². The highest BCUT2D eigenvalue weighted by atomic mass is 32.2. The van der Waals surface area contributed by atoms with Gasteiger partial charge in [0.05, 0.1) is 12.8 Å². The van der Waals surface area contributed by atoms with Gasteiger partial charge in [-0.3, -0.25) is 14.2 Å². The summed E-state index contributed by atoms with van der Waals surface area (Å²) in [4.78, 5) is 28.9. The van der Waals surface area contributed by atoms with Gasteiger partial charge < -0.3 is 4.74 Å². The van der Waals surface area contributed by atoms with Gasteiger partial charge in [-0.15, -0.1) is 0 Å². The van der Waals surface area contributed by atoms with E-state index in [1.54, 1.807) is 0 Å². The number of carbonyl (C=O) groups excluding carboxylic acids is 1. The summed E-state index contributed by atoms with van der Waals surface area (Å²) in [6.07, 6.45) is 2.52. The molecule has 1 heterocycles. The zero-order valence-electron chi connectivity index (χ0n) is 12.9. The SMILES string of the molecule is COC(=O)Cn1c(SCc2ccccc2)nc2c(c1=O)CCC2. The number of benzene rings is 1. The fourth-order valence-corrected chi connectivity index (χ4v) is 3.64. The van der Waals surface area contributed by atoms with Gasteiger partial charge in [0, 0.05) is 11.3 Å². The second kappa shape index (κ2) is 7.00. The summed E-state index contributed by atoms with van der Waals surface area (Å²) < 4.78 is 6.16. The molecule has 0 saturated heterocycles. The molecule has 3 rings (SSSR count). The first-order valence-corrected chi connectivity index (χ1v) is 8.53. The summed E-state index contributed by atoms with van der Waals surface area (Å²) >= 11 is 1.48. The van der Waals surface area contributed by atoms with Crippen LogP contribution in [-0.2, 0) is 34.7 Å². The van der Waals surface area contributed by atoms with Crippen molar-refractivity contribution in [3.05, 3.63) is 57.5 Å². The van der Waals surface area contributed by atoms with Crippen molar-refractivity contribution in [1.82, 2.24) is 9.55 Å². The van der Waals surface area contributed by atoms with Crippen LogP contribution >= 0.6 is 11.8 Å². The molecule has 1 aliphatic rings. The number of fused-ring (bicyclic) bond motifs is 1. The molecule has 0 N–H and O–H groups in total. The van der Waals surface area contributed by atoms with Crippen LogP contribution in [0.1, 0.15) is 23.2 Å². The topological polar surface area (TPSA) is 61.2 Å². The molecule has 0 unspecified atom stereocenters. The fourth-order valence-electron chi connectivity index (χ4n) is 2.67. The van der Waals surface area contributed by atoms with Crippen molar-refractivity contribution in [2.24, 2.45) is 0 Å². The number of carbonyl (C=O) groups is 1. The Bertz CT molecular complexity index is 771. The summed E-state index contributed by atoms with van der Waals surface area (Å²) in [5.41, 5.74) is 2.68. The predicted octanol–water partition coefficient (Wildman–Crippen LogP) is 2.20. The molecule has 0 saturated carbocycles. The summed E-state index contributed by atoms with van der Waals surface area (Å²) in [6.45, 7) is -0.0905. The molecular weight excluding hydrogens is 312 g/mol. The Balaban J connectivity index is 1.92. The van der Waals surface area contributed by atoms with Crippen molar-refractivity contribution in [1.29, 1.82) is 0 Å². The second-order valence-electron chi connectivity index (χ2n) is 5.41. The molecule has 0 atom stereocenters. The first-order chi connectivity index (χ1) is 11.2. The zero-order valence-corrected chi connectivity index (χ0v) is 13.8. The van der Waals surface area contributed by atoms with E-state index in [1.165, 1.54) is 23.4 Å². The third-order valence-electron chi connectivity index (χ3n) is 3.88. The van der Waals surface area contributed by atoms with Crippen molar-refractivity contribution in [3.63, 3.8) is 0 Å². The summed E-state index contributed by atoms with van der Waals surface area (Å²) in [7, 11) is 1.32. The van der Waals surface area contributed by atoms with Crippen LogP contribution in [0, 0.1) is 0 Å². The van der Waals surface area contributed by atoms with Crippen LogP contribution in [-0.4, -0.2) is 22.6 Å². The van der Waals surface area contributed by atoms with Gasteiger partial charge in [-0.25, -0.2) is 4.98 Å². The van der Waals surface area contributed by atoms with Gasteiger partial charge in [-0.2, -0.15) is 0 Å². The first kappa shape index (κ1) is 15.8. The molecule has 5 nitrogen and oxygen atoms in total. The lowest BCUT2D eigenvalue weighted by Crippen LogP contribution is -2.30. The minimum atomic E-state index is -0.437. The monoisotopic (exact) mass is 330 g/mol. The van der Waals surface area contributed by atoms with Crippen molar-refractivity contribution < 1.29 is 9.53 Å². The smallest absolute Gasteiger partial charge is 0.325 e. The second-order valence-corrected chi connectivity index (χ2v) is 6.36. The normalized spacial score (nSPS) is 12.9. The summed E-state index contributed by atoms with van der Waals surface area (Å²) in [5.74, 6) is 0.265. The average Bonchev–Trinajstić information content (AvgIpc) is 3.05. The van der Waals surface area contributed by atoms with Gasteiger partial charge in [0.15, 0.2) is 5.16 Å². The Morgan fingerprint density at radius 2 is 2.09 bits per heavy atom. The van der Waals surface area contributed by atoms with E-state index in [1.807, 2.05) is 30.3 Å². The first-order valence-electron chi connectivity index (χ1n) is 7.55. The molecule has 0 bridgehead atoms. The van der Waals surface area contributed by atoms with Crippen molar-refractivity contribution >= 4 is 17.7 Å². The highest BCUT2D eigenvalue weighted by Gasteiger charge is 2.22. The van der Waals surface area contributed by atoms with E-state index in [4.69, 9.17) is 4.74 Å². The van der Waals surface area contributed by atoms with Gasteiger partial charge in [0.2, 0.25) is 0 Å². The Kier molecular flexibility index (Phi) is 4.81. The maximum Gasteiger partial charge on any atom is 0.325 e. The van der Waals surface area contributed by atoms with Gasteiger partial charge in [-0.05, 0) is 24.8 Å². The number of hydrogen-bond acceptors (Lipinski definition) is 5. The van der Waals surface area contributed by atoms with E-state index in [0.717, 1.165) is 36.1 Å². The minimum absolute atomic E-state index is 0.0905. The van der Waals surface area contributed by atoms with Gasteiger partial charge in [0.25, 0.3) is 5.56 Å². The number of rotatable bonds is 5. The minimum Gasteiger partial charge on any atom is -0.468 e. The number of aromatic nitrogens is 2. The average molecular weight is 330 g/mol. The van der Waals surface area contributed by atoms with E-state index in [9.17, 15) is 9.59 Å². The number of hydrogen-bond donors (Lipinski definition) is 0. The lowest BCUT2D eigenvalue weighted by molar-refractivity contribution is -0.141. The molecule has 0 aliphatic heterocycles. The Morgan fingerprint density at radius 3 is 2.83 bits per heavy atom. The van der Waals surface area contributed by atoms with Crippen LogP contribution in [0.15, 0.2) is 40.3 Å². The van der Waals surface area contributed by atoms with Crippen LogP contribution < -0.4 is 5.56 Å². The molecule has 1 aromatic heterocycles.